The number of benzene rings is 1. The molecule has 1 fully saturated rings. The molecule has 0 aliphatic carbocycles. The summed E-state index contributed by atoms with van der Waals surface area (Å²) in [7, 11) is 1.82. The number of nitrogens with zero attached hydrogens (tertiary/aromatic N) is 2. The molecule has 1 N–H and O–H groups in total. The number of ether oxygens (including phenoxy) is 1. The standard InChI is InChI=1S/C21H33N3O2/c1-6-26-19(25)17-10-12-24(13-11-17)20(22-5)23-15-21(3,4)18-9-7-8-16(2)14-18/h7-9,14,17H,6,10-13,15H2,1-5H3,(H,22,23). The van der Waals surface area contributed by atoms with Crippen molar-refractivity contribution in [2.24, 2.45) is 10.9 Å². The summed E-state index contributed by atoms with van der Waals surface area (Å²) in [5.74, 6) is 0.872. The summed E-state index contributed by atoms with van der Waals surface area (Å²) in [4.78, 5) is 18.6. The second kappa shape index (κ2) is 9.06. The van der Waals surface area contributed by atoms with E-state index in [1.54, 1.807) is 0 Å². The first-order valence-corrected chi connectivity index (χ1v) is 9.56. The molecule has 0 spiro atoms. The predicted octanol–water partition coefficient (Wildman–Crippen LogP) is 3.12. The largest absolute Gasteiger partial charge is 0.466 e. The highest BCUT2D eigenvalue weighted by Crippen LogP contribution is 2.24. The molecule has 2 rings (SSSR count). The van der Waals surface area contributed by atoms with Crippen LogP contribution in [0, 0.1) is 12.8 Å². The lowest BCUT2D eigenvalue weighted by molar-refractivity contribution is -0.149. The monoisotopic (exact) mass is 359 g/mol. The molecule has 26 heavy (non-hydrogen) atoms. The van der Waals surface area contributed by atoms with Gasteiger partial charge in [-0.1, -0.05) is 43.7 Å². The minimum absolute atomic E-state index is 0.00517. The Morgan fingerprint density at radius 1 is 1.35 bits per heavy atom. The number of aryl methyl sites for hydroxylation is 1. The van der Waals surface area contributed by atoms with Gasteiger partial charge in [0.2, 0.25) is 0 Å². The molecule has 1 saturated heterocycles. The fourth-order valence-electron chi connectivity index (χ4n) is 3.39. The van der Waals surface area contributed by atoms with E-state index in [9.17, 15) is 4.79 Å². The third-order valence-electron chi connectivity index (χ3n) is 5.11. The Bertz CT molecular complexity index is 632. The highest BCUT2D eigenvalue weighted by molar-refractivity contribution is 5.80. The van der Waals surface area contributed by atoms with Crippen molar-refractivity contribution in [2.45, 2.75) is 46.0 Å². The average molecular weight is 360 g/mol. The summed E-state index contributed by atoms with van der Waals surface area (Å²) in [6, 6.07) is 8.67. The zero-order chi connectivity index (χ0) is 19.2. The van der Waals surface area contributed by atoms with Gasteiger partial charge >= 0.3 is 5.97 Å². The van der Waals surface area contributed by atoms with Crippen LogP contribution in [0.15, 0.2) is 29.3 Å². The van der Waals surface area contributed by atoms with E-state index in [1.807, 2.05) is 14.0 Å². The molecular weight excluding hydrogens is 326 g/mol. The molecule has 1 aromatic carbocycles. The van der Waals surface area contributed by atoms with Crippen LogP contribution in [-0.4, -0.2) is 50.1 Å². The summed E-state index contributed by atoms with van der Waals surface area (Å²) in [5.41, 5.74) is 2.60. The molecule has 5 nitrogen and oxygen atoms in total. The summed E-state index contributed by atoms with van der Waals surface area (Å²) in [5, 5.41) is 3.53. The van der Waals surface area contributed by atoms with E-state index in [2.05, 4.69) is 60.2 Å². The van der Waals surface area contributed by atoms with Gasteiger partial charge < -0.3 is 15.0 Å². The van der Waals surface area contributed by atoms with Crippen molar-refractivity contribution in [2.75, 3.05) is 33.3 Å². The molecule has 144 valence electrons. The van der Waals surface area contributed by atoms with Gasteiger partial charge in [0.25, 0.3) is 0 Å². The Morgan fingerprint density at radius 2 is 2.04 bits per heavy atom. The van der Waals surface area contributed by atoms with E-state index in [1.165, 1.54) is 11.1 Å². The lowest BCUT2D eigenvalue weighted by atomic mass is 9.84. The van der Waals surface area contributed by atoms with Crippen molar-refractivity contribution in [3.05, 3.63) is 35.4 Å². The van der Waals surface area contributed by atoms with Crippen molar-refractivity contribution in [1.29, 1.82) is 0 Å². The fourth-order valence-corrected chi connectivity index (χ4v) is 3.39. The smallest absolute Gasteiger partial charge is 0.309 e. The quantitative estimate of drug-likeness (QED) is 0.499. The number of likely N-dealkylation sites (tertiary alicyclic amines) is 1. The zero-order valence-corrected chi connectivity index (χ0v) is 16.8. The third kappa shape index (κ3) is 5.23. The molecule has 0 unspecified atom stereocenters. The van der Waals surface area contributed by atoms with Gasteiger partial charge in [0.05, 0.1) is 12.5 Å². The molecule has 5 heteroatoms. The number of piperidine rings is 1. The van der Waals surface area contributed by atoms with Gasteiger partial charge in [0.15, 0.2) is 5.96 Å². The van der Waals surface area contributed by atoms with Gasteiger partial charge in [-0.2, -0.15) is 0 Å². The molecule has 1 aromatic rings. The van der Waals surface area contributed by atoms with Crippen LogP contribution >= 0.6 is 0 Å². The fraction of sp³-hybridized carbons (Fsp3) is 0.619. The number of guanidine groups is 1. The third-order valence-corrected chi connectivity index (χ3v) is 5.11. The van der Waals surface area contributed by atoms with Crippen molar-refractivity contribution in [3.63, 3.8) is 0 Å². The van der Waals surface area contributed by atoms with Gasteiger partial charge in [-0.15, -0.1) is 0 Å². The maximum Gasteiger partial charge on any atom is 0.309 e. The number of rotatable bonds is 5. The summed E-state index contributed by atoms with van der Waals surface area (Å²) in [6.07, 6.45) is 1.64. The van der Waals surface area contributed by atoms with Gasteiger partial charge in [-0.05, 0) is 32.3 Å². The Morgan fingerprint density at radius 3 is 2.62 bits per heavy atom. The van der Waals surface area contributed by atoms with Crippen LogP contribution in [0.5, 0.6) is 0 Å². The van der Waals surface area contributed by atoms with Gasteiger partial charge in [-0.3, -0.25) is 9.79 Å². The lowest BCUT2D eigenvalue weighted by Gasteiger charge is -2.35. The van der Waals surface area contributed by atoms with Gasteiger partial charge in [0.1, 0.15) is 0 Å². The molecule has 1 heterocycles. The number of carbonyl (C=O) groups excluding carboxylic acids is 1. The first-order chi connectivity index (χ1) is 12.4. The second-order valence-electron chi connectivity index (χ2n) is 7.67. The van der Waals surface area contributed by atoms with Crippen LogP contribution in [0.3, 0.4) is 0 Å². The Labute approximate surface area is 157 Å². The zero-order valence-electron chi connectivity index (χ0n) is 16.8. The average Bonchev–Trinajstić information content (AvgIpc) is 2.63. The molecule has 0 radical (unpaired) electrons. The Hall–Kier alpha value is -2.04. The van der Waals surface area contributed by atoms with E-state index >= 15 is 0 Å². The SMILES string of the molecule is CCOC(=O)C1CCN(C(=NC)NCC(C)(C)c2cccc(C)c2)CC1. The maximum atomic E-state index is 11.9. The number of aliphatic imine (C=N–C) groups is 1. The molecular formula is C21H33N3O2. The first kappa shape index (κ1) is 20.3. The Kier molecular flexibility index (Phi) is 7.06. The minimum Gasteiger partial charge on any atom is -0.466 e. The van der Waals surface area contributed by atoms with Gasteiger partial charge in [0, 0.05) is 32.1 Å². The highest BCUT2D eigenvalue weighted by Gasteiger charge is 2.28. The van der Waals surface area contributed by atoms with Crippen LogP contribution in [0.1, 0.15) is 44.7 Å². The molecule has 1 aliphatic rings. The number of hydrogen-bond acceptors (Lipinski definition) is 3. The summed E-state index contributed by atoms with van der Waals surface area (Å²) >= 11 is 0. The van der Waals surface area contributed by atoms with Crippen molar-refractivity contribution >= 4 is 11.9 Å². The van der Waals surface area contributed by atoms with Crippen LogP contribution in [-0.2, 0) is 14.9 Å². The van der Waals surface area contributed by atoms with Crippen LogP contribution in [0.4, 0.5) is 0 Å². The maximum absolute atomic E-state index is 11.9. The van der Waals surface area contributed by atoms with E-state index < -0.39 is 0 Å². The number of nitrogens with one attached hydrogen (secondary N) is 1. The molecule has 0 amide bonds. The topological polar surface area (TPSA) is 53.9 Å². The van der Waals surface area contributed by atoms with Crippen molar-refractivity contribution < 1.29 is 9.53 Å². The normalized spacial score (nSPS) is 16.5. The molecule has 0 saturated carbocycles. The van der Waals surface area contributed by atoms with E-state index in [0.717, 1.165) is 38.4 Å². The highest BCUT2D eigenvalue weighted by atomic mass is 16.5. The first-order valence-electron chi connectivity index (χ1n) is 9.56. The van der Waals surface area contributed by atoms with Crippen LogP contribution < -0.4 is 5.32 Å². The van der Waals surface area contributed by atoms with E-state index in [0.29, 0.717) is 6.61 Å². The van der Waals surface area contributed by atoms with E-state index in [-0.39, 0.29) is 17.3 Å². The molecule has 0 bridgehead atoms. The second-order valence-corrected chi connectivity index (χ2v) is 7.67. The van der Waals surface area contributed by atoms with Crippen molar-refractivity contribution in [1.82, 2.24) is 10.2 Å². The summed E-state index contributed by atoms with van der Waals surface area (Å²) in [6.45, 7) is 11.4. The number of hydrogen-bond donors (Lipinski definition) is 1. The van der Waals surface area contributed by atoms with Gasteiger partial charge in [-0.25, -0.2) is 0 Å². The molecule has 0 aromatic heterocycles. The number of carbonyl (C=O) groups is 1. The Balaban J connectivity index is 1.91. The molecule has 0 atom stereocenters. The van der Waals surface area contributed by atoms with Crippen molar-refractivity contribution in [3.8, 4) is 0 Å². The van der Waals surface area contributed by atoms with Crippen LogP contribution in [0.25, 0.3) is 0 Å². The predicted molar refractivity (Wildman–Crippen MR) is 106 cm³/mol. The summed E-state index contributed by atoms with van der Waals surface area (Å²) < 4.78 is 5.15. The van der Waals surface area contributed by atoms with Crippen LogP contribution in [0.2, 0.25) is 0 Å². The number of esters is 1. The molecule has 1 aliphatic heterocycles. The minimum atomic E-state index is -0.0596. The lowest BCUT2D eigenvalue weighted by Crippen LogP contribution is -2.49. The van der Waals surface area contributed by atoms with E-state index in [4.69, 9.17) is 4.74 Å².